The maximum atomic E-state index is 11.9. The number of rotatable bonds is 5. The van der Waals surface area contributed by atoms with E-state index in [1.54, 1.807) is 30.6 Å². The SMILES string of the molecule is Nc1cn(CCOCC(F)(F)F)nc1-c1ccccn1. The van der Waals surface area contributed by atoms with Crippen LogP contribution in [-0.2, 0) is 11.3 Å². The predicted octanol–water partition coefficient (Wildman–Crippen LogP) is 2.11. The molecule has 2 N–H and O–H groups in total. The third kappa shape index (κ3) is 3.95. The number of pyridine rings is 1. The van der Waals surface area contributed by atoms with Crippen LogP contribution in [0.5, 0.6) is 0 Å². The van der Waals surface area contributed by atoms with Crippen LogP contribution in [-0.4, -0.2) is 34.2 Å². The number of aromatic nitrogens is 3. The van der Waals surface area contributed by atoms with Gasteiger partial charge < -0.3 is 10.5 Å². The van der Waals surface area contributed by atoms with Crippen molar-refractivity contribution < 1.29 is 17.9 Å². The maximum absolute atomic E-state index is 11.9. The molecule has 5 nitrogen and oxygen atoms in total. The van der Waals surface area contributed by atoms with Crippen molar-refractivity contribution in [3.63, 3.8) is 0 Å². The van der Waals surface area contributed by atoms with Crippen LogP contribution in [0, 0.1) is 0 Å². The number of alkyl halides is 3. The first-order chi connectivity index (χ1) is 9.46. The molecule has 0 amide bonds. The lowest BCUT2D eigenvalue weighted by Crippen LogP contribution is -2.19. The Morgan fingerprint density at radius 3 is 2.75 bits per heavy atom. The van der Waals surface area contributed by atoms with Crippen LogP contribution in [0.3, 0.4) is 0 Å². The van der Waals surface area contributed by atoms with Crippen molar-refractivity contribution in [3.8, 4) is 11.4 Å². The first kappa shape index (κ1) is 14.3. The number of hydrogen-bond acceptors (Lipinski definition) is 4. The van der Waals surface area contributed by atoms with Gasteiger partial charge in [0.2, 0.25) is 0 Å². The molecular formula is C12H13F3N4O. The number of nitrogen functional groups attached to an aromatic ring is 1. The van der Waals surface area contributed by atoms with Crippen molar-refractivity contribution in [1.82, 2.24) is 14.8 Å². The van der Waals surface area contributed by atoms with E-state index < -0.39 is 12.8 Å². The third-order valence-electron chi connectivity index (χ3n) is 2.43. The Hall–Kier alpha value is -2.09. The average Bonchev–Trinajstić information content (AvgIpc) is 2.76. The summed E-state index contributed by atoms with van der Waals surface area (Å²) in [5.41, 5.74) is 7.33. The summed E-state index contributed by atoms with van der Waals surface area (Å²) in [7, 11) is 0. The summed E-state index contributed by atoms with van der Waals surface area (Å²) in [5, 5.41) is 4.18. The molecule has 0 aromatic carbocycles. The van der Waals surface area contributed by atoms with E-state index in [9.17, 15) is 13.2 Å². The highest BCUT2D eigenvalue weighted by Gasteiger charge is 2.27. The molecule has 0 fully saturated rings. The summed E-state index contributed by atoms with van der Waals surface area (Å²) in [6.45, 7) is -1.17. The monoisotopic (exact) mass is 286 g/mol. The number of hydrogen-bond donors (Lipinski definition) is 1. The summed E-state index contributed by atoms with van der Waals surface area (Å²) in [6.07, 6.45) is -1.16. The predicted molar refractivity (Wildman–Crippen MR) is 66.7 cm³/mol. The van der Waals surface area contributed by atoms with Crippen molar-refractivity contribution in [1.29, 1.82) is 0 Å². The third-order valence-corrected chi connectivity index (χ3v) is 2.43. The van der Waals surface area contributed by atoms with Gasteiger partial charge in [-0.15, -0.1) is 0 Å². The second-order valence-corrected chi connectivity index (χ2v) is 4.08. The minimum Gasteiger partial charge on any atom is -0.396 e. The standard InChI is InChI=1S/C12H13F3N4O/c13-12(14,15)8-20-6-5-19-7-9(16)11(18-19)10-3-1-2-4-17-10/h1-4,7H,5-6,8,16H2. The van der Waals surface area contributed by atoms with E-state index in [2.05, 4.69) is 14.8 Å². The lowest BCUT2D eigenvalue weighted by atomic mass is 10.2. The van der Waals surface area contributed by atoms with Gasteiger partial charge in [-0.25, -0.2) is 0 Å². The number of nitrogens with zero attached hydrogens (tertiary/aromatic N) is 3. The van der Waals surface area contributed by atoms with Gasteiger partial charge in [-0.1, -0.05) is 6.07 Å². The van der Waals surface area contributed by atoms with Crippen molar-refractivity contribution in [2.24, 2.45) is 0 Å². The molecule has 0 radical (unpaired) electrons. The topological polar surface area (TPSA) is 66.0 Å². The summed E-state index contributed by atoms with van der Waals surface area (Å²) in [5.74, 6) is 0. The van der Waals surface area contributed by atoms with E-state index in [4.69, 9.17) is 5.73 Å². The normalized spacial score (nSPS) is 11.8. The molecule has 0 saturated heterocycles. The van der Waals surface area contributed by atoms with Gasteiger partial charge in [0, 0.05) is 12.4 Å². The summed E-state index contributed by atoms with van der Waals surface area (Å²) in [4.78, 5) is 4.12. The fourth-order valence-corrected chi connectivity index (χ4v) is 1.60. The highest BCUT2D eigenvalue weighted by atomic mass is 19.4. The lowest BCUT2D eigenvalue weighted by molar-refractivity contribution is -0.174. The molecular weight excluding hydrogens is 273 g/mol. The Kier molecular flexibility index (Phi) is 4.23. The Morgan fingerprint density at radius 2 is 2.10 bits per heavy atom. The highest BCUT2D eigenvalue weighted by Crippen LogP contribution is 2.21. The smallest absolute Gasteiger partial charge is 0.396 e. The van der Waals surface area contributed by atoms with Gasteiger partial charge in [0.1, 0.15) is 12.3 Å². The molecule has 2 heterocycles. The largest absolute Gasteiger partial charge is 0.411 e. The zero-order valence-corrected chi connectivity index (χ0v) is 10.5. The van der Waals surface area contributed by atoms with Gasteiger partial charge in [-0.05, 0) is 12.1 Å². The van der Waals surface area contributed by atoms with Crippen LogP contribution in [0.25, 0.3) is 11.4 Å². The van der Waals surface area contributed by atoms with E-state index in [-0.39, 0.29) is 13.2 Å². The molecule has 2 aromatic rings. The molecule has 0 saturated carbocycles. The minimum absolute atomic E-state index is 0.0950. The van der Waals surface area contributed by atoms with Crippen molar-refractivity contribution >= 4 is 5.69 Å². The van der Waals surface area contributed by atoms with E-state index in [0.29, 0.717) is 17.1 Å². The quantitative estimate of drug-likeness (QED) is 0.855. The molecule has 2 rings (SSSR count). The summed E-state index contributed by atoms with van der Waals surface area (Å²) in [6, 6.07) is 5.32. The molecule has 8 heteroatoms. The Morgan fingerprint density at radius 1 is 1.30 bits per heavy atom. The van der Waals surface area contributed by atoms with Crippen LogP contribution >= 0.6 is 0 Å². The Labute approximate surface area is 113 Å². The fraction of sp³-hybridized carbons (Fsp3) is 0.333. The Balaban J connectivity index is 1.95. The molecule has 0 aliphatic carbocycles. The zero-order chi connectivity index (χ0) is 14.6. The van der Waals surface area contributed by atoms with Crippen molar-refractivity contribution in [2.45, 2.75) is 12.7 Å². The fourth-order valence-electron chi connectivity index (χ4n) is 1.60. The first-order valence-electron chi connectivity index (χ1n) is 5.84. The molecule has 0 unspecified atom stereocenters. The van der Waals surface area contributed by atoms with Gasteiger partial charge in [0.15, 0.2) is 0 Å². The molecule has 108 valence electrons. The molecule has 0 aliphatic rings. The van der Waals surface area contributed by atoms with Gasteiger partial charge >= 0.3 is 6.18 Å². The van der Waals surface area contributed by atoms with Crippen LogP contribution < -0.4 is 5.73 Å². The Bertz CT molecular complexity index is 554. The van der Waals surface area contributed by atoms with Crippen LogP contribution in [0.15, 0.2) is 30.6 Å². The minimum atomic E-state index is -4.32. The van der Waals surface area contributed by atoms with Gasteiger partial charge in [0.25, 0.3) is 0 Å². The average molecular weight is 286 g/mol. The van der Waals surface area contributed by atoms with Gasteiger partial charge in [-0.3, -0.25) is 9.67 Å². The van der Waals surface area contributed by atoms with Gasteiger partial charge in [0.05, 0.1) is 24.5 Å². The number of nitrogens with two attached hydrogens (primary N) is 1. The maximum Gasteiger partial charge on any atom is 0.411 e. The van der Waals surface area contributed by atoms with E-state index in [1.807, 2.05) is 0 Å². The van der Waals surface area contributed by atoms with E-state index in [0.717, 1.165) is 0 Å². The second-order valence-electron chi connectivity index (χ2n) is 4.08. The van der Waals surface area contributed by atoms with Crippen LogP contribution in [0.1, 0.15) is 0 Å². The van der Waals surface area contributed by atoms with Crippen LogP contribution in [0.2, 0.25) is 0 Å². The summed E-state index contributed by atoms with van der Waals surface area (Å²) >= 11 is 0. The molecule has 0 bridgehead atoms. The molecule has 2 aromatic heterocycles. The number of ether oxygens (including phenoxy) is 1. The molecule has 20 heavy (non-hydrogen) atoms. The van der Waals surface area contributed by atoms with E-state index >= 15 is 0 Å². The summed E-state index contributed by atoms with van der Waals surface area (Å²) < 4.78 is 41.6. The highest BCUT2D eigenvalue weighted by molar-refractivity contribution is 5.68. The lowest BCUT2D eigenvalue weighted by Gasteiger charge is -2.07. The van der Waals surface area contributed by atoms with E-state index in [1.165, 1.54) is 4.68 Å². The second kappa shape index (κ2) is 5.91. The van der Waals surface area contributed by atoms with Crippen LogP contribution in [0.4, 0.5) is 18.9 Å². The number of anilines is 1. The van der Waals surface area contributed by atoms with Crippen molar-refractivity contribution in [3.05, 3.63) is 30.6 Å². The zero-order valence-electron chi connectivity index (χ0n) is 10.5. The van der Waals surface area contributed by atoms with Gasteiger partial charge in [-0.2, -0.15) is 18.3 Å². The molecule has 0 aliphatic heterocycles. The van der Waals surface area contributed by atoms with Crippen molar-refractivity contribution in [2.75, 3.05) is 18.9 Å². The number of halogens is 3. The molecule has 0 atom stereocenters. The molecule has 0 spiro atoms. The first-order valence-corrected chi connectivity index (χ1v) is 5.84.